The van der Waals surface area contributed by atoms with Gasteiger partial charge in [-0.2, -0.15) is 0 Å². The second kappa shape index (κ2) is 10.6. The van der Waals surface area contributed by atoms with Crippen molar-refractivity contribution in [1.82, 2.24) is 9.97 Å². The summed E-state index contributed by atoms with van der Waals surface area (Å²) < 4.78 is 5.27. The lowest BCUT2D eigenvalue weighted by atomic mass is 10.2. The minimum atomic E-state index is -0.160. The van der Waals surface area contributed by atoms with Crippen LogP contribution in [-0.2, 0) is 4.79 Å². The van der Waals surface area contributed by atoms with Crippen LogP contribution in [0.2, 0.25) is 5.02 Å². The number of hydrogen-bond donors (Lipinski definition) is 1. The van der Waals surface area contributed by atoms with E-state index in [2.05, 4.69) is 49.4 Å². The van der Waals surface area contributed by atoms with Crippen LogP contribution in [0.5, 0.6) is 5.75 Å². The number of carbonyl (C=O) groups excluding carboxylic acids is 1. The fraction of sp³-hybridized carbons (Fsp3) is 0.261. The predicted molar refractivity (Wildman–Crippen MR) is 130 cm³/mol. The maximum Gasteiger partial charge on any atom is 0.234 e. The molecule has 2 aromatic carbocycles. The molecule has 4 rings (SSSR count). The lowest BCUT2D eigenvalue weighted by Crippen LogP contribution is -2.46. The first-order chi connectivity index (χ1) is 15.6. The van der Waals surface area contributed by atoms with Gasteiger partial charge in [0.05, 0.1) is 18.6 Å². The fourth-order valence-corrected chi connectivity index (χ4v) is 4.35. The van der Waals surface area contributed by atoms with Crippen LogP contribution in [-0.4, -0.2) is 54.9 Å². The minimum absolute atomic E-state index is 0.160. The van der Waals surface area contributed by atoms with Crippen molar-refractivity contribution in [2.75, 3.05) is 54.2 Å². The molecule has 7 nitrogen and oxygen atoms in total. The Bertz CT molecular complexity index is 1060. The molecule has 3 aromatic rings. The molecule has 9 heteroatoms. The van der Waals surface area contributed by atoms with Gasteiger partial charge in [0.2, 0.25) is 5.91 Å². The highest BCUT2D eigenvalue weighted by Crippen LogP contribution is 2.28. The maximum absolute atomic E-state index is 12.4. The molecule has 0 aliphatic carbocycles. The number of nitrogens with one attached hydrogen (secondary N) is 1. The van der Waals surface area contributed by atoms with E-state index in [9.17, 15) is 4.79 Å². The molecule has 0 radical (unpaired) electrons. The van der Waals surface area contributed by atoms with E-state index in [1.165, 1.54) is 17.4 Å². The predicted octanol–water partition coefficient (Wildman–Crippen LogP) is 4.20. The number of rotatable bonds is 7. The fourth-order valence-electron chi connectivity index (χ4n) is 3.52. The summed E-state index contributed by atoms with van der Waals surface area (Å²) in [6.45, 7) is 3.62. The van der Waals surface area contributed by atoms with Crippen LogP contribution in [0.3, 0.4) is 0 Å². The molecule has 1 amide bonds. The highest BCUT2D eigenvalue weighted by Gasteiger charge is 2.19. The quantitative estimate of drug-likeness (QED) is 0.410. The van der Waals surface area contributed by atoms with E-state index in [4.69, 9.17) is 16.3 Å². The Kier molecular flexibility index (Phi) is 7.34. The molecule has 0 bridgehead atoms. The second-order valence-electron chi connectivity index (χ2n) is 7.21. The number of hydrogen-bond acceptors (Lipinski definition) is 7. The summed E-state index contributed by atoms with van der Waals surface area (Å²) in [5.41, 5.74) is 1.79. The Morgan fingerprint density at radius 2 is 1.81 bits per heavy atom. The van der Waals surface area contributed by atoms with E-state index in [0.717, 1.165) is 37.0 Å². The summed E-state index contributed by atoms with van der Waals surface area (Å²) in [6.07, 6.45) is 1.55. The van der Waals surface area contributed by atoms with Crippen molar-refractivity contribution in [3.63, 3.8) is 0 Å². The minimum Gasteiger partial charge on any atom is -0.495 e. The SMILES string of the molecule is COc1ccc(Cl)cc1NC(=O)CSc1cc(N2CCN(c3ccccc3)CC2)ncn1. The maximum atomic E-state index is 12.4. The van der Waals surface area contributed by atoms with Crippen molar-refractivity contribution < 1.29 is 9.53 Å². The molecule has 1 aromatic heterocycles. The smallest absolute Gasteiger partial charge is 0.234 e. The zero-order valence-corrected chi connectivity index (χ0v) is 19.3. The first kappa shape index (κ1) is 22.2. The Labute approximate surface area is 196 Å². The van der Waals surface area contributed by atoms with Gasteiger partial charge < -0.3 is 19.9 Å². The zero-order chi connectivity index (χ0) is 22.3. The molecule has 0 saturated carbocycles. The van der Waals surface area contributed by atoms with Crippen LogP contribution in [0, 0.1) is 0 Å². The van der Waals surface area contributed by atoms with Gasteiger partial charge in [-0.25, -0.2) is 9.97 Å². The number of methoxy groups -OCH3 is 1. The normalized spacial score (nSPS) is 13.7. The van der Waals surface area contributed by atoms with Gasteiger partial charge in [-0.3, -0.25) is 4.79 Å². The molecular weight excluding hydrogens is 446 g/mol. The summed E-state index contributed by atoms with van der Waals surface area (Å²) in [7, 11) is 1.55. The lowest BCUT2D eigenvalue weighted by molar-refractivity contribution is -0.113. The average Bonchev–Trinajstić information content (AvgIpc) is 2.84. The highest BCUT2D eigenvalue weighted by atomic mass is 35.5. The molecule has 1 fully saturated rings. The van der Waals surface area contributed by atoms with Gasteiger partial charge >= 0.3 is 0 Å². The van der Waals surface area contributed by atoms with E-state index in [1.54, 1.807) is 31.6 Å². The molecule has 32 heavy (non-hydrogen) atoms. The van der Waals surface area contributed by atoms with Crippen LogP contribution in [0.15, 0.2) is 66.0 Å². The number of aromatic nitrogens is 2. The number of anilines is 3. The molecule has 1 saturated heterocycles. The number of carbonyl (C=O) groups is 1. The van der Waals surface area contributed by atoms with Crippen LogP contribution >= 0.6 is 23.4 Å². The van der Waals surface area contributed by atoms with Crippen molar-refractivity contribution in [1.29, 1.82) is 0 Å². The van der Waals surface area contributed by atoms with Crippen molar-refractivity contribution in [2.24, 2.45) is 0 Å². The number of thioether (sulfide) groups is 1. The molecular formula is C23H24ClN5O2S. The third kappa shape index (κ3) is 5.63. The third-order valence-corrected chi connectivity index (χ3v) is 6.30. The number of para-hydroxylation sites is 1. The topological polar surface area (TPSA) is 70.6 Å². The Balaban J connectivity index is 1.32. The summed E-state index contributed by atoms with van der Waals surface area (Å²) in [5, 5.41) is 4.13. The summed E-state index contributed by atoms with van der Waals surface area (Å²) in [6, 6.07) is 17.5. The van der Waals surface area contributed by atoms with E-state index in [0.29, 0.717) is 16.5 Å². The van der Waals surface area contributed by atoms with E-state index in [-0.39, 0.29) is 11.7 Å². The van der Waals surface area contributed by atoms with Gasteiger partial charge in [-0.05, 0) is 30.3 Å². The van der Waals surface area contributed by atoms with Gasteiger partial charge in [0, 0.05) is 43.0 Å². The molecule has 1 aliphatic rings. The zero-order valence-electron chi connectivity index (χ0n) is 17.7. The van der Waals surface area contributed by atoms with Gasteiger partial charge in [-0.1, -0.05) is 41.6 Å². The van der Waals surface area contributed by atoms with E-state index >= 15 is 0 Å². The first-order valence-electron chi connectivity index (χ1n) is 10.3. The van der Waals surface area contributed by atoms with Crippen LogP contribution in [0.4, 0.5) is 17.2 Å². The highest BCUT2D eigenvalue weighted by molar-refractivity contribution is 7.99. The molecule has 2 heterocycles. The largest absolute Gasteiger partial charge is 0.495 e. The van der Waals surface area contributed by atoms with Crippen LogP contribution in [0.1, 0.15) is 0 Å². The number of halogens is 1. The van der Waals surface area contributed by atoms with Crippen molar-refractivity contribution >= 4 is 46.5 Å². The van der Waals surface area contributed by atoms with E-state index < -0.39 is 0 Å². The molecule has 0 atom stereocenters. The molecule has 0 spiro atoms. The van der Waals surface area contributed by atoms with Gasteiger partial charge in [0.1, 0.15) is 22.9 Å². The summed E-state index contributed by atoms with van der Waals surface area (Å²) >= 11 is 7.40. The van der Waals surface area contributed by atoms with Gasteiger partial charge in [-0.15, -0.1) is 0 Å². The summed E-state index contributed by atoms with van der Waals surface area (Å²) in [4.78, 5) is 25.8. The number of benzene rings is 2. The Morgan fingerprint density at radius 1 is 1.06 bits per heavy atom. The van der Waals surface area contributed by atoms with Crippen molar-refractivity contribution in [2.45, 2.75) is 5.03 Å². The molecule has 166 valence electrons. The summed E-state index contributed by atoms with van der Waals surface area (Å²) in [5.74, 6) is 1.50. The monoisotopic (exact) mass is 469 g/mol. The van der Waals surface area contributed by atoms with Gasteiger partial charge in [0.15, 0.2) is 0 Å². The lowest BCUT2D eigenvalue weighted by Gasteiger charge is -2.36. The Hall–Kier alpha value is -2.97. The second-order valence-corrected chi connectivity index (χ2v) is 8.64. The third-order valence-electron chi connectivity index (χ3n) is 5.14. The number of amides is 1. The van der Waals surface area contributed by atoms with Gasteiger partial charge in [0.25, 0.3) is 0 Å². The average molecular weight is 470 g/mol. The van der Waals surface area contributed by atoms with Crippen molar-refractivity contribution in [3.05, 3.63) is 65.9 Å². The number of ether oxygens (including phenoxy) is 1. The van der Waals surface area contributed by atoms with E-state index in [1.807, 2.05) is 12.1 Å². The van der Waals surface area contributed by atoms with Crippen LogP contribution in [0.25, 0.3) is 0 Å². The van der Waals surface area contributed by atoms with Crippen LogP contribution < -0.4 is 19.9 Å². The number of piperazine rings is 1. The Morgan fingerprint density at radius 3 is 2.56 bits per heavy atom. The first-order valence-corrected chi connectivity index (χ1v) is 11.6. The molecule has 1 N–H and O–H groups in total. The molecule has 0 unspecified atom stereocenters. The number of nitrogens with zero attached hydrogens (tertiary/aromatic N) is 4. The molecule has 1 aliphatic heterocycles. The van der Waals surface area contributed by atoms with Crippen molar-refractivity contribution in [3.8, 4) is 5.75 Å². The standard InChI is InChI=1S/C23H24ClN5O2S/c1-31-20-8-7-17(24)13-19(20)27-22(30)15-32-23-14-21(25-16-26-23)29-11-9-28(10-12-29)18-5-3-2-4-6-18/h2-8,13-14,16H,9-12,15H2,1H3,(H,27,30).